The van der Waals surface area contributed by atoms with E-state index in [1.807, 2.05) is 0 Å². The smallest absolute Gasteiger partial charge is 0.316 e. The number of hydrogen-bond donors (Lipinski definition) is 0. The van der Waals surface area contributed by atoms with Crippen molar-refractivity contribution in [2.24, 2.45) is 5.92 Å². The summed E-state index contributed by atoms with van der Waals surface area (Å²) in [5.41, 5.74) is -0.321. The molecule has 0 saturated carbocycles. The van der Waals surface area contributed by atoms with Crippen LogP contribution in [0.1, 0.15) is 19.4 Å². The van der Waals surface area contributed by atoms with E-state index in [1.165, 1.54) is 13.0 Å². The third kappa shape index (κ3) is 3.35. The van der Waals surface area contributed by atoms with Gasteiger partial charge in [-0.3, -0.25) is 9.59 Å². The Hall–Kier alpha value is -1.78. The molecule has 0 bridgehead atoms. The highest BCUT2D eigenvalue weighted by atomic mass is 19.1. The number of carbonyl (C=O) groups is 2. The fourth-order valence-electron chi connectivity index (χ4n) is 1.43. The Morgan fingerprint density at radius 3 is 2.33 bits per heavy atom. The summed E-state index contributed by atoms with van der Waals surface area (Å²) >= 11 is 0. The lowest BCUT2D eigenvalue weighted by atomic mass is 9.99. The van der Waals surface area contributed by atoms with E-state index in [2.05, 4.69) is 4.74 Å². The van der Waals surface area contributed by atoms with Crippen LogP contribution in [0.3, 0.4) is 0 Å². The molecule has 0 aromatic heterocycles. The lowest BCUT2D eigenvalue weighted by Gasteiger charge is -2.10. The molecule has 0 aliphatic heterocycles. The molecule has 0 spiro atoms. The van der Waals surface area contributed by atoms with Gasteiger partial charge in [0.25, 0.3) is 0 Å². The first-order valence-electron chi connectivity index (χ1n) is 5.59. The van der Waals surface area contributed by atoms with Crippen LogP contribution in [-0.4, -0.2) is 18.4 Å². The van der Waals surface area contributed by atoms with Gasteiger partial charge >= 0.3 is 5.97 Å². The molecule has 0 saturated heterocycles. The molecule has 0 N–H and O–H groups in total. The van der Waals surface area contributed by atoms with Gasteiger partial charge in [0.2, 0.25) is 0 Å². The maximum atomic E-state index is 13.3. The molecule has 1 aromatic carbocycles. The molecule has 0 fully saturated rings. The van der Waals surface area contributed by atoms with Crippen LogP contribution in [-0.2, 0) is 20.7 Å². The number of Topliss-reactive ketones (excluding diaryl/α,β-unsaturated/α-hetero) is 1. The Morgan fingerprint density at radius 1 is 1.28 bits per heavy atom. The number of ketones is 1. The number of esters is 1. The molecule has 0 aliphatic rings. The first-order chi connectivity index (χ1) is 8.47. The number of hydrogen-bond acceptors (Lipinski definition) is 3. The van der Waals surface area contributed by atoms with Gasteiger partial charge in [0.05, 0.1) is 6.61 Å². The molecule has 1 rings (SSSR count). The third-order valence-electron chi connectivity index (χ3n) is 2.54. The van der Waals surface area contributed by atoms with Crippen molar-refractivity contribution in [1.82, 2.24) is 0 Å². The minimum Gasteiger partial charge on any atom is -0.465 e. The largest absolute Gasteiger partial charge is 0.465 e. The lowest BCUT2D eigenvalue weighted by molar-refractivity contribution is -0.150. The fraction of sp³-hybridized carbons (Fsp3) is 0.385. The zero-order valence-electron chi connectivity index (χ0n) is 10.2. The molecule has 1 atom stereocenters. The van der Waals surface area contributed by atoms with E-state index < -0.39 is 35.7 Å². The molecular weight excluding hydrogens is 242 g/mol. The summed E-state index contributed by atoms with van der Waals surface area (Å²) in [7, 11) is 0. The molecular formula is C13H14F2O3. The van der Waals surface area contributed by atoms with Gasteiger partial charge in [0.1, 0.15) is 17.6 Å². The summed E-state index contributed by atoms with van der Waals surface area (Å²) in [5, 5.41) is 0. The Morgan fingerprint density at radius 2 is 1.83 bits per heavy atom. The summed E-state index contributed by atoms with van der Waals surface area (Å²) in [6.45, 7) is 3.13. The predicted octanol–water partition coefficient (Wildman–Crippen LogP) is 2.28. The summed E-state index contributed by atoms with van der Waals surface area (Å²) in [5.74, 6) is -3.86. The number of carbonyl (C=O) groups excluding carboxylic acids is 2. The van der Waals surface area contributed by atoms with Crippen LogP contribution < -0.4 is 0 Å². The van der Waals surface area contributed by atoms with E-state index in [9.17, 15) is 18.4 Å². The van der Waals surface area contributed by atoms with Crippen LogP contribution in [0.15, 0.2) is 18.2 Å². The van der Waals surface area contributed by atoms with E-state index >= 15 is 0 Å². The average molecular weight is 256 g/mol. The summed E-state index contributed by atoms with van der Waals surface area (Å²) in [6.07, 6.45) is -0.460. The fourth-order valence-corrected chi connectivity index (χ4v) is 1.43. The first-order valence-corrected chi connectivity index (χ1v) is 5.59. The second-order valence-corrected chi connectivity index (χ2v) is 3.82. The predicted molar refractivity (Wildman–Crippen MR) is 60.9 cm³/mol. The summed E-state index contributed by atoms with van der Waals surface area (Å²) in [6, 6.07) is 3.36. The maximum Gasteiger partial charge on any atom is 0.316 e. The Labute approximate surface area is 104 Å². The third-order valence-corrected chi connectivity index (χ3v) is 2.54. The second kappa shape index (κ2) is 6.23. The van der Waals surface area contributed by atoms with E-state index in [0.717, 1.165) is 12.1 Å². The SMILES string of the molecule is CCOC(=O)[C@@H](C)C(=O)Cc1c(F)cccc1F. The minimum atomic E-state index is -1.02. The van der Waals surface area contributed by atoms with Crippen LogP contribution >= 0.6 is 0 Å². The molecule has 0 unspecified atom stereocenters. The number of rotatable bonds is 5. The first kappa shape index (κ1) is 14.3. The Bertz CT molecular complexity index is 437. The zero-order chi connectivity index (χ0) is 13.7. The summed E-state index contributed by atoms with van der Waals surface area (Å²) < 4.78 is 31.3. The molecule has 0 amide bonds. The highest BCUT2D eigenvalue weighted by Crippen LogP contribution is 2.15. The van der Waals surface area contributed by atoms with Crippen molar-refractivity contribution in [3.8, 4) is 0 Å². The molecule has 3 nitrogen and oxygen atoms in total. The van der Waals surface area contributed by atoms with Crippen molar-refractivity contribution in [3.05, 3.63) is 35.4 Å². The summed E-state index contributed by atoms with van der Waals surface area (Å²) in [4.78, 5) is 23.0. The van der Waals surface area contributed by atoms with Crippen molar-refractivity contribution in [1.29, 1.82) is 0 Å². The second-order valence-electron chi connectivity index (χ2n) is 3.82. The molecule has 98 valence electrons. The number of benzene rings is 1. The quantitative estimate of drug-likeness (QED) is 0.599. The molecule has 0 aliphatic carbocycles. The van der Waals surface area contributed by atoms with E-state index in [1.54, 1.807) is 6.92 Å². The van der Waals surface area contributed by atoms with E-state index in [4.69, 9.17) is 0 Å². The Kier molecular flexibility index (Phi) is 4.95. The van der Waals surface area contributed by atoms with Crippen molar-refractivity contribution < 1.29 is 23.1 Å². The average Bonchev–Trinajstić information content (AvgIpc) is 2.33. The van der Waals surface area contributed by atoms with Gasteiger partial charge in [-0.05, 0) is 26.0 Å². The Balaban J connectivity index is 2.79. The monoisotopic (exact) mass is 256 g/mol. The number of ether oxygens (including phenoxy) is 1. The molecule has 0 radical (unpaired) electrons. The van der Waals surface area contributed by atoms with Crippen LogP contribution in [0.4, 0.5) is 8.78 Å². The normalized spacial score (nSPS) is 12.0. The molecule has 5 heteroatoms. The van der Waals surface area contributed by atoms with Gasteiger partial charge in [0.15, 0.2) is 5.78 Å². The van der Waals surface area contributed by atoms with E-state index in [-0.39, 0.29) is 12.2 Å². The van der Waals surface area contributed by atoms with Gasteiger partial charge in [-0.15, -0.1) is 0 Å². The highest BCUT2D eigenvalue weighted by molar-refractivity contribution is 5.99. The minimum absolute atomic E-state index is 0.157. The van der Waals surface area contributed by atoms with E-state index in [0.29, 0.717) is 0 Å². The zero-order valence-corrected chi connectivity index (χ0v) is 10.2. The van der Waals surface area contributed by atoms with Gasteiger partial charge in [-0.25, -0.2) is 8.78 Å². The molecule has 18 heavy (non-hydrogen) atoms. The van der Waals surface area contributed by atoms with Gasteiger partial charge in [-0.2, -0.15) is 0 Å². The molecule has 0 heterocycles. The van der Waals surface area contributed by atoms with Crippen LogP contribution in [0.5, 0.6) is 0 Å². The lowest BCUT2D eigenvalue weighted by Crippen LogP contribution is -2.25. The van der Waals surface area contributed by atoms with Gasteiger partial charge in [-0.1, -0.05) is 6.07 Å². The molecule has 1 aromatic rings. The topological polar surface area (TPSA) is 43.4 Å². The van der Waals surface area contributed by atoms with Crippen molar-refractivity contribution >= 4 is 11.8 Å². The van der Waals surface area contributed by atoms with Crippen LogP contribution in [0.2, 0.25) is 0 Å². The van der Waals surface area contributed by atoms with Crippen LogP contribution in [0, 0.1) is 17.6 Å². The van der Waals surface area contributed by atoms with Crippen molar-refractivity contribution in [2.75, 3.05) is 6.61 Å². The van der Waals surface area contributed by atoms with Crippen molar-refractivity contribution in [2.45, 2.75) is 20.3 Å². The van der Waals surface area contributed by atoms with Crippen molar-refractivity contribution in [3.63, 3.8) is 0 Å². The van der Waals surface area contributed by atoms with Gasteiger partial charge < -0.3 is 4.74 Å². The highest BCUT2D eigenvalue weighted by Gasteiger charge is 2.24. The maximum absolute atomic E-state index is 13.3. The van der Waals surface area contributed by atoms with Crippen LogP contribution in [0.25, 0.3) is 0 Å². The standard InChI is InChI=1S/C13H14F2O3/c1-3-18-13(17)8(2)12(16)7-9-10(14)5-4-6-11(9)15/h4-6,8H,3,7H2,1-2H3/t8-/m0/s1. The number of halogens is 2. The van der Waals surface area contributed by atoms with Gasteiger partial charge in [0, 0.05) is 12.0 Å².